The van der Waals surface area contributed by atoms with E-state index in [9.17, 15) is 19.5 Å². The monoisotopic (exact) mass is 567 g/mol. The summed E-state index contributed by atoms with van der Waals surface area (Å²) in [6.07, 6.45) is 3.33. The number of alkyl carbamates (subject to hydrolysis) is 1. The Kier molecular flexibility index (Phi) is 12.7. The largest absolute Gasteiger partial charge is 0.508 e. The molecule has 0 spiro atoms. The minimum absolute atomic E-state index is 0.0935. The van der Waals surface area contributed by atoms with Crippen LogP contribution in [0.1, 0.15) is 96.4 Å². The van der Waals surface area contributed by atoms with Crippen LogP contribution in [-0.4, -0.2) is 46.1 Å². The van der Waals surface area contributed by atoms with Crippen molar-refractivity contribution in [1.29, 1.82) is 0 Å². The van der Waals surface area contributed by atoms with Crippen molar-refractivity contribution >= 4 is 23.6 Å². The highest BCUT2D eigenvalue weighted by Gasteiger charge is 2.36. The molecule has 2 atom stereocenters. The van der Waals surface area contributed by atoms with Crippen molar-refractivity contribution in [2.75, 3.05) is 11.9 Å². The van der Waals surface area contributed by atoms with Gasteiger partial charge >= 0.3 is 6.09 Å². The molecular weight excluding hydrogens is 518 g/mol. The van der Waals surface area contributed by atoms with Gasteiger partial charge in [0, 0.05) is 12.2 Å². The molecule has 2 aromatic carbocycles. The Labute approximate surface area is 245 Å². The number of benzene rings is 2. The van der Waals surface area contributed by atoms with E-state index in [-0.39, 0.29) is 23.5 Å². The lowest BCUT2D eigenvalue weighted by molar-refractivity contribution is -0.141. The number of nitrogens with zero attached hydrogens (tertiary/aromatic N) is 1. The third-order valence-corrected chi connectivity index (χ3v) is 6.73. The zero-order valence-electron chi connectivity index (χ0n) is 26.0. The second-order valence-corrected chi connectivity index (χ2v) is 12.2. The first kappa shape index (κ1) is 33.7. The van der Waals surface area contributed by atoms with Gasteiger partial charge in [0.2, 0.25) is 5.91 Å². The highest BCUT2D eigenvalue weighted by molar-refractivity contribution is 5.99. The van der Waals surface area contributed by atoms with Gasteiger partial charge in [-0.25, -0.2) is 4.79 Å². The number of carbonyl (C=O) groups is 3. The van der Waals surface area contributed by atoms with E-state index in [1.54, 1.807) is 50.8 Å². The molecule has 0 aromatic heterocycles. The number of carbonyl (C=O) groups excluding carboxylic acids is 3. The summed E-state index contributed by atoms with van der Waals surface area (Å²) >= 11 is 0. The van der Waals surface area contributed by atoms with Crippen LogP contribution in [0.2, 0.25) is 0 Å². The summed E-state index contributed by atoms with van der Waals surface area (Å²) in [7, 11) is 0. The highest BCUT2D eigenvalue weighted by Crippen LogP contribution is 2.30. The van der Waals surface area contributed by atoms with Gasteiger partial charge in [-0.2, -0.15) is 0 Å². The van der Waals surface area contributed by atoms with E-state index in [1.165, 1.54) is 0 Å². The zero-order valence-corrected chi connectivity index (χ0v) is 26.0. The fourth-order valence-corrected chi connectivity index (χ4v) is 4.65. The normalized spacial score (nSPS) is 12.9. The number of phenols is 1. The molecule has 2 aromatic rings. The molecule has 226 valence electrons. The predicted molar refractivity (Wildman–Crippen MR) is 164 cm³/mol. The van der Waals surface area contributed by atoms with Crippen LogP contribution in [-0.2, 0) is 14.3 Å². The van der Waals surface area contributed by atoms with Crippen molar-refractivity contribution < 1.29 is 24.2 Å². The first-order valence-electron chi connectivity index (χ1n) is 14.7. The lowest BCUT2D eigenvalue weighted by Crippen LogP contribution is -2.53. The number of aryl methyl sites for hydroxylation is 2. The maximum atomic E-state index is 14.4. The SMILES string of the molecule is CCCCCCN(C(=O)C(CC(C)C)NC(=O)OC(C)(C)C)C(C(=O)Nc1ccccc1C)c1ccc(O)c(C)c1. The second-order valence-electron chi connectivity index (χ2n) is 12.2. The average Bonchev–Trinajstić information content (AvgIpc) is 2.87. The van der Waals surface area contributed by atoms with E-state index in [0.29, 0.717) is 36.2 Å². The molecule has 2 rings (SSSR count). The second kappa shape index (κ2) is 15.5. The molecule has 0 aliphatic carbocycles. The van der Waals surface area contributed by atoms with Crippen LogP contribution in [0.3, 0.4) is 0 Å². The van der Waals surface area contributed by atoms with E-state index in [2.05, 4.69) is 17.6 Å². The van der Waals surface area contributed by atoms with E-state index in [0.717, 1.165) is 24.8 Å². The van der Waals surface area contributed by atoms with Gasteiger partial charge in [-0.05, 0) is 88.3 Å². The Balaban J connectivity index is 2.58. The Morgan fingerprint density at radius 2 is 1.66 bits per heavy atom. The van der Waals surface area contributed by atoms with Gasteiger partial charge in [-0.1, -0.05) is 64.3 Å². The lowest BCUT2D eigenvalue weighted by Gasteiger charge is -2.35. The number of amides is 3. The number of rotatable bonds is 13. The molecule has 0 aliphatic heterocycles. The van der Waals surface area contributed by atoms with Gasteiger partial charge in [0.15, 0.2) is 0 Å². The van der Waals surface area contributed by atoms with Crippen LogP contribution < -0.4 is 10.6 Å². The molecule has 41 heavy (non-hydrogen) atoms. The molecule has 0 fully saturated rings. The van der Waals surface area contributed by atoms with Crippen molar-refractivity contribution in [3.05, 3.63) is 59.2 Å². The van der Waals surface area contributed by atoms with Gasteiger partial charge in [-0.3, -0.25) is 9.59 Å². The fraction of sp³-hybridized carbons (Fsp3) is 0.545. The van der Waals surface area contributed by atoms with Gasteiger partial charge in [0.05, 0.1) is 0 Å². The first-order valence-corrected chi connectivity index (χ1v) is 14.7. The van der Waals surface area contributed by atoms with Crippen molar-refractivity contribution in [3.63, 3.8) is 0 Å². The number of anilines is 1. The summed E-state index contributed by atoms with van der Waals surface area (Å²) in [5, 5.41) is 16.0. The van der Waals surface area contributed by atoms with Crippen LogP contribution in [0.5, 0.6) is 5.75 Å². The fourth-order valence-electron chi connectivity index (χ4n) is 4.65. The molecule has 0 saturated carbocycles. The Hall–Kier alpha value is -3.55. The van der Waals surface area contributed by atoms with Crippen molar-refractivity contribution in [1.82, 2.24) is 10.2 Å². The van der Waals surface area contributed by atoms with Crippen LogP contribution in [0.4, 0.5) is 10.5 Å². The average molecular weight is 568 g/mol. The predicted octanol–water partition coefficient (Wildman–Crippen LogP) is 7.04. The number of aromatic hydroxyl groups is 1. The summed E-state index contributed by atoms with van der Waals surface area (Å²) in [5.74, 6) is -0.515. The maximum Gasteiger partial charge on any atom is 0.408 e. The van der Waals surface area contributed by atoms with Crippen LogP contribution in [0.25, 0.3) is 0 Å². The van der Waals surface area contributed by atoms with E-state index in [4.69, 9.17) is 4.74 Å². The standard InChI is InChI=1S/C33H49N3O5/c1-9-10-11-14-19-36(31(39)27(20-22(2)3)35-32(40)41-33(6,7)8)29(25-17-18-28(37)24(5)21-25)30(38)34-26-16-13-12-15-23(26)4/h12-13,15-18,21-22,27,29,37H,9-11,14,19-20H2,1-8H3,(H,34,38)(H,35,40). The molecule has 8 heteroatoms. The maximum absolute atomic E-state index is 14.4. The first-order chi connectivity index (χ1) is 19.2. The molecular formula is C33H49N3O5. The highest BCUT2D eigenvalue weighted by atomic mass is 16.6. The van der Waals surface area contributed by atoms with Gasteiger partial charge in [0.1, 0.15) is 23.4 Å². The third kappa shape index (κ3) is 10.7. The van der Waals surface area contributed by atoms with Gasteiger partial charge in [-0.15, -0.1) is 0 Å². The number of nitrogens with one attached hydrogen (secondary N) is 2. The molecule has 3 amide bonds. The minimum Gasteiger partial charge on any atom is -0.508 e. The molecule has 0 aliphatic rings. The zero-order chi connectivity index (χ0) is 30.7. The van der Waals surface area contributed by atoms with Crippen LogP contribution in [0, 0.1) is 19.8 Å². The van der Waals surface area contributed by atoms with Gasteiger partial charge in [0.25, 0.3) is 5.91 Å². The Morgan fingerprint density at radius 3 is 2.24 bits per heavy atom. The Morgan fingerprint density at radius 1 is 0.976 bits per heavy atom. The van der Waals surface area contributed by atoms with Crippen molar-refractivity contribution in [2.24, 2.45) is 5.92 Å². The number of ether oxygens (including phenoxy) is 1. The quantitative estimate of drug-likeness (QED) is 0.225. The Bertz CT molecular complexity index is 1170. The summed E-state index contributed by atoms with van der Waals surface area (Å²) in [6, 6.07) is 10.6. The van der Waals surface area contributed by atoms with E-state index >= 15 is 0 Å². The molecule has 2 unspecified atom stereocenters. The summed E-state index contributed by atoms with van der Waals surface area (Å²) < 4.78 is 5.48. The van der Waals surface area contributed by atoms with Crippen LogP contribution >= 0.6 is 0 Å². The van der Waals surface area contributed by atoms with E-state index < -0.39 is 23.8 Å². The van der Waals surface area contributed by atoms with Crippen molar-refractivity contribution in [3.8, 4) is 5.75 Å². The van der Waals surface area contributed by atoms with Crippen LogP contribution in [0.15, 0.2) is 42.5 Å². The number of hydrogen-bond acceptors (Lipinski definition) is 5. The number of hydrogen-bond donors (Lipinski definition) is 3. The summed E-state index contributed by atoms with van der Waals surface area (Å²) in [5.41, 5.74) is 2.00. The summed E-state index contributed by atoms with van der Waals surface area (Å²) in [6.45, 7) is 15.4. The van der Waals surface area contributed by atoms with Gasteiger partial charge < -0.3 is 25.4 Å². The molecule has 3 N–H and O–H groups in total. The number of unbranched alkanes of at least 4 members (excludes halogenated alkanes) is 3. The lowest BCUT2D eigenvalue weighted by atomic mass is 9.97. The minimum atomic E-state index is -0.988. The molecule has 0 heterocycles. The molecule has 0 saturated heterocycles. The molecule has 0 radical (unpaired) electrons. The smallest absolute Gasteiger partial charge is 0.408 e. The molecule has 0 bridgehead atoms. The third-order valence-electron chi connectivity index (χ3n) is 6.73. The summed E-state index contributed by atoms with van der Waals surface area (Å²) in [4.78, 5) is 42.8. The number of phenolic OH excluding ortho intramolecular Hbond substituents is 1. The molecule has 8 nitrogen and oxygen atoms in total. The van der Waals surface area contributed by atoms with E-state index in [1.807, 2.05) is 45.0 Å². The van der Waals surface area contributed by atoms with Crippen molar-refractivity contribution in [2.45, 2.75) is 105 Å². The topological polar surface area (TPSA) is 108 Å². The number of para-hydroxylation sites is 1.